The van der Waals surface area contributed by atoms with Crippen LogP contribution in [0.15, 0.2) is 0 Å². The highest BCUT2D eigenvalue weighted by atomic mass is 19.3. The van der Waals surface area contributed by atoms with E-state index in [2.05, 4.69) is 5.10 Å². The van der Waals surface area contributed by atoms with Gasteiger partial charge in [-0.2, -0.15) is 13.9 Å². The summed E-state index contributed by atoms with van der Waals surface area (Å²) in [6.07, 6.45) is 0.0568. The maximum atomic E-state index is 14.8. The molecule has 1 unspecified atom stereocenters. The molecule has 1 spiro atoms. The minimum atomic E-state index is -2.97. The summed E-state index contributed by atoms with van der Waals surface area (Å²) in [5.41, 5.74) is -0.0173. The van der Waals surface area contributed by atoms with Gasteiger partial charge in [0.2, 0.25) is 0 Å². The Morgan fingerprint density at radius 3 is 2.68 bits per heavy atom. The number of carbonyl (C=O) groups is 1. The van der Waals surface area contributed by atoms with Crippen molar-refractivity contribution in [2.75, 3.05) is 13.2 Å². The van der Waals surface area contributed by atoms with Gasteiger partial charge in [0.25, 0.3) is 5.92 Å². The number of fused-ring (bicyclic) bond motifs is 3. The molecule has 25 heavy (non-hydrogen) atoms. The number of alkyl halides is 2. The lowest BCUT2D eigenvalue weighted by molar-refractivity contribution is -0.0233. The molecule has 4 rings (SSSR count). The summed E-state index contributed by atoms with van der Waals surface area (Å²) in [6, 6.07) is 0. The quantitative estimate of drug-likeness (QED) is 0.672. The molecule has 4 heterocycles. The molecular formula is C17H23F2N3O3. The van der Waals surface area contributed by atoms with Crippen LogP contribution in [0.4, 0.5) is 13.6 Å². The van der Waals surface area contributed by atoms with E-state index in [-0.39, 0.29) is 18.7 Å². The molecule has 0 N–H and O–H groups in total. The van der Waals surface area contributed by atoms with E-state index in [4.69, 9.17) is 9.47 Å². The van der Waals surface area contributed by atoms with Crippen LogP contribution in [0.1, 0.15) is 50.6 Å². The molecule has 0 bridgehead atoms. The molecule has 0 aliphatic carbocycles. The highest BCUT2D eigenvalue weighted by molar-refractivity contribution is 5.68. The van der Waals surface area contributed by atoms with Gasteiger partial charge in [-0.25, -0.2) is 4.79 Å². The first-order valence-corrected chi connectivity index (χ1v) is 8.67. The van der Waals surface area contributed by atoms with Crippen molar-refractivity contribution in [3.63, 3.8) is 0 Å². The fourth-order valence-electron chi connectivity index (χ4n) is 3.63. The average molecular weight is 355 g/mol. The van der Waals surface area contributed by atoms with Gasteiger partial charge in [-0.1, -0.05) is 0 Å². The minimum Gasteiger partial charge on any atom is -0.444 e. The second kappa shape index (κ2) is 5.16. The third kappa shape index (κ3) is 3.01. The summed E-state index contributed by atoms with van der Waals surface area (Å²) in [7, 11) is 0. The van der Waals surface area contributed by atoms with E-state index in [1.165, 1.54) is 9.58 Å². The lowest BCUT2D eigenvalue weighted by Gasteiger charge is -2.30. The van der Waals surface area contributed by atoms with Crippen LogP contribution >= 0.6 is 0 Å². The average Bonchev–Trinajstić information content (AvgIpc) is 3.16. The molecule has 3 aliphatic rings. The maximum absolute atomic E-state index is 14.8. The molecule has 1 fully saturated rings. The molecule has 1 aromatic rings. The zero-order chi connectivity index (χ0) is 18.0. The van der Waals surface area contributed by atoms with Crippen molar-refractivity contribution in [1.29, 1.82) is 0 Å². The predicted molar refractivity (Wildman–Crippen MR) is 84.4 cm³/mol. The van der Waals surface area contributed by atoms with Crippen LogP contribution in [-0.4, -0.2) is 45.1 Å². The maximum Gasteiger partial charge on any atom is 0.410 e. The van der Waals surface area contributed by atoms with Crippen molar-refractivity contribution in [3.05, 3.63) is 17.0 Å². The number of rotatable bonds is 0. The Morgan fingerprint density at radius 2 is 2.04 bits per heavy atom. The molecule has 1 atom stereocenters. The smallest absolute Gasteiger partial charge is 0.410 e. The van der Waals surface area contributed by atoms with Gasteiger partial charge in [-0.3, -0.25) is 4.68 Å². The topological polar surface area (TPSA) is 59.9 Å². The van der Waals surface area contributed by atoms with Crippen molar-refractivity contribution in [2.45, 2.75) is 70.2 Å². The predicted octanol–water partition coefficient (Wildman–Crippen LogP) is 2.83. The lowest BCUT2D eigenvalue weighted by atomic mass is 9.98. The molecule has 0 aromatic carbocycles. The number of aromatic nitrogens is 2. The highest BCUT2D eigenvalue weighted by Gasteiger charge is 2.53. The van der Waals surface area contributed by atoms with Crippen molar-refractivity contribution in [1.82, 2.24) is 14.7 Å². The SMILES string of the molecule is CC(C)(C)OC(=O)N1CCc2nn3c(c2C1)C(F)(F)CCC1(CO1)C3. The van der Waals surface area contributed by atoms with Crippen LogP contribution in [0, 0.1) is 0 Å². The Hall–Kier alpha value is -1.70. The van der Waals surface area contributed by atoms with Crippen molar-refractivity contribution in [3.8, 4) is 0 Å². The van der Waals surface area contributed by atoms with Gasteiger partial charge in [0, 0.05) is 24.9 Å². The van der Waals surface area contributed by atoms with Crippen molar-refractivity contribution >= 4 is 6.09 Å². The Balaban J connectivity index is 1.65. The first-order chi connectivity index (χ1) is 11.6. The van der Waals surface area contributed by atoms with Gasteiger partial charge in [-0.15, -0.1) is 0 Å². The summed E-state index contributed by atoms with van der Waals surface area (Å²) < 4.78 is 41.8. The number of nitrogens with zero attached hydrogens (tertiary/aromatic N) is 3. The fourth-order valence-corrected chi connectivity index (χ4v) is 3.63. The number of carbonyl (C=O) groups excluding carboxylic acids is 1. The number of hydrogen-bond donors (Lipinski definition) is 0. The molecule has 1 saturated heterocycles. The molecule has 138 valence electrons. The minimum absolute atomic E-state index is 0.0527. The van der Waals surface area contributed by atoms with Gasteiger partial charge >= 0.3 is 6.09 Å². The summed E-state index contributed by atoms with van der Waals surface area (Å²) >= 11 is 0. The number of hydrogen-bond acceptors (Lipinski definition) is 4. The van der Waals surface area contributed by atoms with Gasteiger partial charge in [0.1, 0.15) is 16.9 Å². The van der Waals surface area contributed by atoms with E-state index in [1.807, 2.05) is 0 Å². The third-order valence-corrected chi connectivity index (χ3v) is 4.98. The zero-order valence-electron chi connectivity index (χ0n) is 14.8. The van der Waals surface area contributed by atoms with Gasteiger partial charge in [0.15, 0.2) is 0 Å². The van der Waals surface area contributed by atoms with Gasteiger partial charge in [-0.05, 0) is 27.2 Å². The number of halogens is 2. The summed E-state index contributed by atoms with van der Waals surface area (Å²) in [4.78, 5) is 13.8. The molecular weight excluding hydrogens is 332 g/mol. The van der Waals surface area contributed by atoms with Crippen LogP contribution in [0.25, 0.3) is 0 Å². The van der Waals surface area contributed by atoms with E-state index >= 15 is 0 Å². The first-order valence-electron chi connectivity index (χ1n) is 8.67. The number of epoxide rings is 1. The Kier molecular flexibility index (Phi) is 3.45. The van der Waals surface area contributed by atoms with E-state index in [9.17, 15) is 13.6 Å². The molecule has 8 heteroatoms. The first kappa shape index (κ1) is 16.8. The van der Waals surface area contributed by atoms with E-state index in [1.54, 1.807) is 20.8 Å². The third-order valence-electron chi connectivity index (χ3n) is 4.98. The summed E-state index contributed by atoms with van der Waals surface area (Å²) in [6.45, 7) is 6.77. The van der Waals surface area contributed by atoms with Crippen molar-refractivity contribution < 1.29 is 23.0 Å². The van der Waals surface area contributed by atoms with E-state index in [0.717, 1.165) is 0 Å². The number of amides is 1. The van der Waals surface area contributed by atoms with Crippen molar-refractivity contribution in [2.24, 2.45) is 0 Å². The standard InChI is InChI=1S/C17H23F2N3O3/c1-15(2,3)25-14(23)21-7-4-12-11(8-21)13-17(18,19)6-5-16(10-24-16)9-22(13)20-12/h4-10H2,1-3H3. The normalized spacial score (nSPS) is 27.5. The second-order valence-electron chi connectivity index (χ2n) is 8.26. The van der Waals surface area contributed by atoms with Crippen LogP contribution in [0.2, 0.25) is 0 Å². The molecule has 0 saturated carbocycles. The molecule has 3 aliphatic heterocycles. The van der Waals surface area contributed by atoms with Crippen LogP contribution in [-0.2, 0) is 34.9 Å². The fraction of sp³-hybridized carbons (Fsp3) is 0.765. The summed E-state index contributed by atoms with van der Waals surface area (Å²) in [5, 5.41) is 4.43. The molecule has 1 amide bonds. The van der Waals surface area contributed by atoms with Gasteiger partial charge < -0.3 is 14.4 Å². The zero-order valence-corrected chi connectivity index (χ0v) is 14.8. The highest BCUT2D eigenvalue weighted by Crippen LogP contribution is 2.47. The Bertz CT molecular complexity index is 719. The number of ether oxygens (including phenoxy) is 2. The van der Waals surface area contributed by atoms with Gasteiger partial charge in [0.05, 0.1) is 25.4 Å². The molecule has 1 aromatic heterocycles. The van der Waals surface area contributed by atoms with E-state index in [0.29, 0.717) is 43.8 Å². The van der Waals surface area contributed by atoms with Crippen LogP contribution in [0.5, 0.6) is 0 Å². The largest absolute Gasteiger partial charge is 0.444 e. The Morgan fingerprint density at radius 1 is 1.32 bits per heavy atom. The monoisotopic (exact) mass is 355 g/mol. The lowest BCUT2D eigenvalue weighted by Crippen LogP contribution is -2.40. The summed E-state index contributed by atoms with van der Waals surface area (Å²) in [5.74, 6) is -2.97. The van der Waals surface area contributed by atoms with E-state index < -0.39 is 23.2 Å². The Labute approximate surface area is 145 Å². The molecule has 0 radical (unpaired) electrons. The van der Waals surface area contributed by atoms with Crippen LogP contribution in [0.3, 0.4) is 0 Å². The molecule has 6 nitrogen and oxygen atoms in total. The van der Waals surface area contributed by atoms with Crippen LogP contribution < -0.4 is 0 Å². The second-order valence-corrected chi connectivity index (χ2v) is 8.26.